The summed E-state index contributed by atoms with van der Waals surface area (Å²) in [5, 5.41) is 13.3. The summed E-state index contributed by atoms with van der Waals surface area (Å²) in [6.45, 7) is 0.0548. The number of carboxylic acid groups (broad SMARTS) is 1. The van der Waals surface area contributed by atoms with Gasteiger partial charge in [-0.3, -0.25) is 4.79 Å². The molecule has 0 aliphatic carbocycles. The maximum absolute atomic E-state index is 12.0. The summed E-state index contributed by atoms with van der Waals surface area (Å²) in [6, 6.07) is 6.22. The minimum Gasteiger partial charge on any atom is -0.478 e. The second kappa shape index (κ2) is 5.66. The molecule has 0 bridgehead atoms. The Balaban J connectivity index is 2.42. The van der Waals surface area contributed by atoms with Crippen molar-refractivity contribution in [3.8, 4) is 0 Å². The molecule has 3 N–H and O–H groups in total. The summed E-state index contributed by atoms with van der Waals surface area (Å²) in [4.78, 5) is 25.0. The predicted molar refractivity (Wildman–Crippen MR) is 79.7 cm³/mol. The van der Waals surface area contributed by atoms with Gasteiger partial charge >= 0.3 is 5.97 Å². The van der Waals surface area contributed by atoms with E-state index in [1.54, 1.807) is 37.3 Å². The number of nitrogens with zero attached hydrogens (tertiary/aromatic N) is 3. The zero-order valence-electron chi connectivity index (χ0n) is 11.8. The van der Waals surface area contributed by atoms with Crippen LogP contribution in [-0.4, -0.2) is 35.0 Å². The zero-order chi connectivity index (χ0) is 15.6. The summed E-state index contributed by atoms with van der Waals surface area (Å²) in [5.41, 5.74) is 6.67. The van der Waals surface area contributed by atoms with Crippen LogP contribution in [0.25, 0.3) is 0 Å². The Kier molecular flexibility index (Phi) is 3.93. The van der Waals surface area contributed by atoms with Crippen LogP contribution in [0.2, 0.25) is 0 Å². The molecule has 0 fully saturated rings. The van der Waals surface area contributed by atoms with Gasteiger partial charge in [-0.25, -0.2) is 9.48 Å². The lowest BCUT2D eigenvalue weighted by molar-refractivity contribution is 0.0696. The molecule has 0 unspecified atom stereocenters. The quantitative estimate of drug-likeness (QED) is 0.800. The predicted octanol–water partition coefficient (Wildman–Crippen LogP) is 0.638. The van der Waals surface area contributed by atoms with E-state index in [0.717, 1.165) is 0 Å². The highest BCUT2D eigenvalue weighted by molar-refractivity contribution is 5.95. The number of carbonyl (C=O) groups is 1. The fourth-order valence-corrected chi connectivity index (χ4v) is 1.96. The molecule has 1 aromatic carbocycles. The standard InChI is InChI=1S/C14H16N4O3/c1-17(2)10-6-12(19)18(16-7-10)8-9-4-3-5-11(15)13(9)14(20)21/h3-7H,8,15H2,1-2H3,(H,20,21). The number of hydrogen-bond acceptors (Lipinski definition) is 5. The van der Waals surface area contributed by atoms with E-state index < -0.39 is 5.97 Å². The molecule has 110 valence electrons. The van der Waals surface area contributed by atoms with E-state index in [1.807, 2.05) is 0 Å². The lowest BCUT2D eigenvalue weighted by Crippen LogP contribution is -2.25. The maximum Gasteiger partial charge on any atom is 0.338 e. The Morgan fingerprint density at radius 1 is 1.43 bits per heavy atom. The number of carboxylic acids is 1. The molecule has 7 heteroatoms. The number of aromatic nitrogens is 2. The molecule has 1 aromatic heterocycles. The summed E-state index contributed by atoms with van der Waals surface area (Å²) in [6.07, 6.45) is 1.55. The first-order valence-electron chi connectivity index (χ1n) is 6.25. The first-order chi connectivity index (χ1) is 9.90. The van der Waals surface area contributed by atoms with Crippen molar-refractivity contribution in [1.29, 1.82) is 0 Å². The highest BCUT2D eigenvalue weighted by atomic mass is 16.4. The summed E-state index contributed by atoms with van der Waals surface area (Å²) in [5.74, 6) is -1.12. The van der Waals surface area contributed by atoms with Gasteiger partial charge in [0.1, 0.15) is 0 Å². The average Bonchev–Trinajstić information content (AvgIpc) is 2.40. The topological polar surface area (TPSA) is 101 Å². The molecule has 0 radical (unpaired) electrons. The molecule has 21 heavy (non-hydrogen) atoms. The third-order valence-electron chi connectivity index (χ3n) is 3.09. The zero-order valence-corrected chi connectivity index (χ0v) is 11.8. The maximum atomic E-state index is 12.0. The van der Waals surface area contributed by atoms with Gasteiger partial charge in [0.25, 0.3) is 5.56 Å². The second-order valence-electron chi connectivity index (χ2n) is 4.79. The smallest absolute Gasteiger partial charge is 0.338 e. The van der Waals surface area contributed by atoms with Crippen LogP contribution in [0.3, 0.4) is 0 Å². The third kappa shape index (κ3) is 3.02. The molecule has 2 rings (SSSR count). The van der Waals surface area contributed by atoms with Gasteiger partial charge in [0, 0.05) is 25.8 Å². The van der Waals surface area contributed by atoms with Crippen molar-refractivity contribution >= 4 is 17.3 Å². The van der Waals surface area contributed by atoms with Crippen molar-refractivity contribution in [2.24, 2.45) is 0 Å². The fourth-order valence-electron chi connectivity index (χ4n) is 1.96. The second-order valence-corrected chi connectivity index (χ2v) is 4.79. The van der Waals surface area contributed by atoms with Crippen LogP contribution in [0.5, 0.6) is 0 Å². The van der Waals surface area contributed by atoms with Crippen molar-refractivity contribution in [2.75, 3.05) is 24.7 Å². The molecule has 0 spiro atoms. The molecule has 2 aromatic rings. The fraction of sp³-hybridized carbons (Fsp3) is 0.214. The van der Waals surface area contributed by atoms with Gasteiger partial charge in [0.2, 0.25) is 0 Å². The summed E-state index contributed by atoms with van der Waals surface area (Å²) < 4.78 is 1.20. The van der Waals surface area contributed by atoms with E-state index in [1.165, 1.54) is 16.8 Å². The van der Waals surface area contributed by atoms with E-state index in [9.17, 15) is 14.7 Å². The number of benzene rings is 1. The highest BCUT2D eigenvalue weighted by Crippen LogP contribution is 2.17. The van der Waals surface area contributed by atoms with Crippen LogP contribution in [-0.2, 0) is 6.54 Å². The summed E-state index contributed by atoms with van der Waals surface area (Å²) >= 11 is 0. The van der Waals surface area contributed by atoms with E-state index >= 15 is 0 Å². The Hall–Kier alpha value is -2.83. The first-order valence-corrected chi connectivity index (χ1v) is 6.25. The van der Waals surface area contributed by atoms with Crippen LogP contribution < -0.4 is 16.2 Å². The van der Waals surface area contributed by atoms with E-state index in [2.05, 4.69) is 5.10 Å². The van der Waals surface area contributed by atoms with E-state index in [0.29, 0.717) is 11.3 Å². The van der Waals surface area contributed by atoms with Crippen molar-refractivity contribution in [3.05, 3.63) is 51.9 Å². The Bertz CT molecular complexity index is 737. The molecular formula is C14H16N4O3. The monoisotopic (exact) mass is 288 g/mol. The van der Waals surface area contributed by atoms with Crippen molar-refractivity contribution in [2.45, 2.75) is 6.54 Å². The molecule has 7 nitrogen and oxygen atoms in total. The Morgan fingerprint density at radius 2 is 2.14 bits per heavy atom. The van der Waals surface area contributed by atoms with Gasteiger partial charge < -0.3 is 15.7 Å². The normalized spacial score (nSPS) is 10.4. The minimum atomic E-state index is -1.12. The van der Waals surface area contributed by atoms with Gasteiger partial charge in [-0.2, -0.15) is 5.10 Å². The number of nitrogen functional groups attached to an aromatic ring is 1. The third-order valence-corrected chi connectivity index (χ3v) is 3.09. The van der Waals surface area contributed by atoms with Gasteiger partial charge in [-0.1, -0.05) is 12.1 Å². The molecule has 0 amide bonds. The number of rotatable bonds is 4. The number of nitrogens with two attached hydrogens (primary N) is 1. The van der Waals surface area contributed by atoms with Crippen LogP contribution >= 0.6 is 0 Å². The molecule has 0 saturated carbocycles. The van der Waals surface area contributed by atoms with Gasteiger partial charge in [0.15, 0.2) is 0 Å². The van der Waals surface area contributed by atoms with Crippen LogP contribution in [0.15, 0.2) is 35.3 Å². The molecule has 0 aliphatic heterocycles. The van der Waals surface area contributed by atoms with Crippen molar-refractivity contribution < 1.29 is 9.90 Å². The van der Waals surface area contributed by atoms with Crippen LogP contribution in [0, 0.1) is 0 Å². The number of hydrogen-bond donors (Lipinski definition) is 2. The van der Waals surface area contributed by atoms with E-state index in [-0.39, 0.29) is 23.4 Å². The molecular weight excluding hydrogens is 272 g/mol. The highest BCUT2D eigenvalue weighted by Gasteiger charge is 2.14. The number of aromatic carboxylic acids is 1. The molecule has 0 aliphatic rings. The average molecular weight is 288 g/mol. The summed E-state index contributed by atoms with van der Waals surface area (Å²) in [7, 11) is 3.61. The van der Waals surface area contributed by atoms with Gasteiger partial charge in [-0.05, 0) is 11.6 Å². The molecule has 0 atom stereocenters. The number of anilines is 2. The SMILES string of the molecule is CN(C)c1cnn(Cc2cccc(N)c2C(=O)O)c(=O)c1. The molecule has 0 saturated heterocycles. The minimum absolute atomic E-state index is 0.00267. The Morgan fingerprint density at radius 3 is 2.71 bits per heavy atom. The first kappa shape index (κ1) is 14.6. The van der Waals surface area contributed by atoms with Crippen molar-refractivity contribution in [3.63, 3.8) is 0 Å². The van der Waals surface area contributed by atoms with E-state index in [4.69, 9.17) is 5.73 Å². The lowest BCUT2D eigenvalue weighted by atomic mass is 10.1. The van der Waals surface area contributed by atoms with Crippen molar-refractivity contribution in [1.82, 2.24) is 9.78 Å². The largest absolute Gasteiger partial charge is 0.478 e. The molecule has 1 heterocycles. The van der Waals surface area contributed by atoms with Crippen LogP contribution in [0.4, 0.5) is 11.4 Å². The van der Waals surface area contributed by atoms with Crippen LogP contribution in [0.1, 0.15) is 15.9 Å². The van der Waals surface area contributed by atoms with Gasteiger partial charge in [-0.15, -0.1) is 0 Å². The Labute approximate surface area is 121 Å². The lowest BCUT2D eigenvalue weighted by Gasteiger charge is -2.13. The van der Waals surface area contributed by atoms with Gasteiger partial charge in [0.05, 0.1) is 24.0 Å².